The van der Waals surface area contributed by atoms with Gasteiger partial charge < -0.3 is 15.4 Å². The Morgan fingerprint density at radius 1 is 1.00 bits per heavy atom. The summed E-state index contributed by atoms with van der Waals surface area (Å²) in [5, 5.41) is 15.4. The summed E-state index contributed by atoms with van der Waals surface area (Å²) in [5.41, 5.74) is 1.29. The molecular weight excluding hydrogens is 514 g/mol. The monoisotopic (exact) mass is 545 g/mol. The van der Waals surface area contributed by atoms with Gasteiger partial charge >= 0.3 is 0 Å². The predicted molar refractivity (Wildman–Crippen MR) is 149 cm³/mol. The number of hydrogen-bond donors (Lipinski definition) is 3. The highest BCUT2D eigenvalue weighted by Gasteiger charge is 2.38. The maximum atomic E-state index is 13.1. The van der Waals surface area contributed by atoms with Crippen molar-refractivity contribution in [3.05, 3.63) is 96.1 Å². The van der Waals surface area contributed by atoms with Crippen LogP contribution >= 0.6 is 0 Å². The highest BCUT2D eigenvalue weighted by molar-refractivity contribution is 7.90. The number of carbonyl (C=O) groups excluding carboxylic acids is 1. The van der Waals surface area contributed by atoms with Crippen molar-refractivity contribution in [3.63, 3.8) is 0 Å². The number of hydrogen-bond acceptors (Lipinski definition) is 6. The van der Waals surface area contributed by atoms with Gasteiger partial charge in [0.25, 0.3) is 15.9 Å². The average Bonchev–Trinajstić information content (AvgIpc) is 2.97. The number of carbonyl (C=O) groups is 1. The smallest absolute Gasteiger partial charge is 0.264 e. The zero-order valence-electron chi connectivity index (χ0n) is 21.6. The van der Waals surface area contributed by atoms with Crippen LogP contribution in [-0.4, -0.2) is 40.0 Å². The molecule has 0 heterocycles. The molecule has 3 aromatic rings. The van der Waals surface area contributed by atoms with Gasteiger partial charge in [0.15, 0.2) is 0 Å². The SMILES string of the molecule is COc1ccccc1C(=O)NC[C@]1(c2ccccc2)CC[C@H](N/C(=N\C#N)NS(=O)(=O)c2ccccc2)CC1. The summed E-state index contributed by atoms with van der Waals surface area (Å²) >= 11 is 0. The van der Waals surface area contributed by atoms with Crippen LogP contribution in [0.15, 0.2) is 94.8 Å². The lowest BCUT2D eigenvalue weighted by atomic mass is 9.68. The van der Waals surface area contributed by atoms with E-state index in [1.54, 1.807) is 42.6 Å². The van der Waals surface area contributed by atoms with Crippen LogP contribution < -0.4 is 20.1 Å². The first-order valence-corrected chi connectivity index (χ1v) is 14.1. The molecule has 39 heavy (non-hydrogen) atoms. The Morgan fingerprint density at radius 2 is 1.62 bits per heavy atom. The highest BCUT2D eigenvalue weighted by atomic mass is 32.2. The number of methoxy groups -OCH3 is 1. The van der Waals surface area contributed by atoms with E-state index in [-0.39, 0.29) is 28.2 Å². The number of nitriles is 1. The van der Waals surface area contributed by atoms with Crippen LogP contribution in [0, 0.1) is 11.5 Å². The highest BCUT2D eigenvalue weighted by Crippen LogP contribution is 2.39. The Kier molecular flexibility index (Phi) is 8.84. The second kappa shape index (κ2) is 12.5. The van der Waals surface area contributed by atoms with Gasteiger partial charge in [0.2, 0.25) is 12.2 Å². The molecule has 4 rings (SSSR count). The molecule has 0 aliphatic heterocycles. The zero-order valence-corrected chi connectivity index (χ0v) is 22.4. The van der Waals surface area contributed by atoms with Crippen LogP contribution in [0.3, 0.4) is 0 Å². The van der Waals surface area contributed by atoms with Gasteiger partial charge in [0.1, 0.15) is 5.75 Å². The first kappa shape index (κ1) is 27.7. The summed E-state index contributed by atoms with van der Waals surface area (Å²) in [6.07, 6.45) is 4.48. The molecular formula is C29H31N5O4S. The van der Waals surface area contributed by atoms with Crippen LogP contribution in [-0.2, 0) is 15.4 Å². The minimum absolute atomic E-state index is 0.0787. The molecule has 1 amide bonds. The van der Waals surface area contributed by atoms with Gasteiger partial charge in [0, 0.05) is 18.0 Å². The van der Waals surface area contributed by atoms with Gasteiger partial charge in [0.05, 0.1) is 17.6 Å². The Balaban J connectivity index is 1.46. The zero-order chi connectivity index (χ0) is 27.7. The van der Waals surface area contributed by atoms with E-state index < -0.39 is 10.0 Å². The van der Waals surface area contributed by atoms with E-state index in [9.17, 15) is 13.2 Å². The predicted octanol–water partition coefficient (Wildman–Crippen LogP) is 3.71. The molecule has 10 heteroatoms. The standard InChI is InChI=1S/C29H31N5O4S/c1-38-26-15-9-8-14-25(26)27(35)31-20-29(22-10-4-2-5-11-22)18-16-23(17-19-29)33-28(32-21-30)34-39(36,37)24-12-6-3-7-13-24/h2-15,23H,16-20H2,1H3,(H,31,35)(H2,32,33,34)/t23-,29-. The molecule has 3 N–H and O–H groups in total. The molecule has 0 atom stereocenters. The fraction of sp³-hybridized carbons (Fsp3) is 0.276. The molecule has 1 aliphatic rings. The van der Waals surface area contributed by atoms with E-state index in [2.05, 4.69) is 32.5 Å². The van der Waals surface area contributed by atoms with Gasteiger partial charge in [-0.25, -0.2) is 13.1 Å². The van der Waals surface area contributed by atoms with Crippen LogP contribution in [0.2, 0.25) is 0 Å². The fourth-order valence-electron chi connectivity index (χ4n) is 4.96. The molecule has 0 unspecified atom stereocenters. The molecule has 0 saturated heterocycles. The van der Waals surface area contributed by atoms with Crippen molar-refractivity contribution in [2.24, 2.45) is 4.99 Å². The van der Waals surface area contributed by atoms with Crippen molar-refractivity contribution in [1.82, 2.24) is 15.4 Å². The normalized spacial score (nSPS) is 19.4. The van der Waals surface area contributed by atoms with Crippen LogP contribution in [0.1, 0.15) is 41.6 Å². The van der Waals surface area contributed by atoms with E-state index in [0.29, 0.717) is 30.7 Å². The minimum Gasteiger partial charge on any atom is -0.496 e. The maximum Gasteiger partial charge on any atom is 0.264 e. The second-order valence-corrected chi connectivity index (χ2v) is 11.1. The first-order valence-electron chi connectivity index (χ1n) is 12.6. The van der Waals surface area contributed by atoms with Crippen molar-refractivity contribution in [1.29, 1.82) is 5.26 Å². The number of nitrogens with one attached hydrogen (secondary N) is 3. The Bertz CT molecular complexity index is 1450. The Hall–Kier alpha value is -4.36. The van der Waals surface area contributed by atoms with Crippen molar-refractivity contribution < 1.29 is 17.9 Å². The maximum absolute atomic E-state index is 13.1. The van der Waals surface area contributed by atoms with Gasteiger partial charge in [-0.3, -0.25) is 4.79 Å². The summed E-state index contributed by atoms with van der Waals surface area (Å²) < 4.78 is 33.3. The van der Waals surface area contributed by atoms with E-state index in [1.165, 1.54) is 19.2 Å². The van der Waals surface area contributed by atoms with Crippen LogP contribution in [0.4, 0.5) is 0 Å². The van der Waals surface area contributed by atoms with Crippen molar-refractivity contribution in [3.8, 4) is 11.9 Å². The number of para-hydroxylation sites is 1. The third kappa shape index (κ3) is 6.75. The number of benzene rings is 3. The van der Waals surface area contributed by atoms with Crippen LogP contribution in [0.5, 0.6) is 5.75 Å². The lowest BCUT2D eigenvalue weighted by Crippen LogP contribution is -2.50. The molecule has 0 radical (unpaired) electrons. The number of guanidine groups is 1. The van der Waals surface area contributed by atoms with E-state index in [0.717, 1.165) is 18.4 Å². The van der Waals surface area contributed by atoms with Crippen molar-refractivity contribution >= 4 is 21.9 Å². The molecule has 0 spiro atoms. The molecule has 1 aliphatic carbocycles. The summed E-state index contributed by atoms with van der Waals surface area (Å²) in [4.78, 5) is 16.8. The first-order chi connectivity index (χ1) is 18.9. The quantitative estimate of drug-likeness (QED) is 0.225. The molecule has 1 fully saturated rings. The van der Waals surface area contributed by atoms with Crippen LogP contribution in [0.25, 0.3) is 0 Å². The number of aliphatic imine (C=N–C) groups is 1. The lowest BCUT2D eigenvalue weighted by Gasteiger charge is -2.41. The van der Waals surface area contributed by atoms with E-state index >= 15 is 0 Å². The third-order valence-corrected chi connectivity index (χ3v) is 8.41. The average molecular weight is 546 g/mol. The number of nitrogens with zero attached hydrogens (tertiary/aromatic N) is 2. The van der Waals surface area contributed by atoms with E-state index in [1.807, 2.05) is 24.3 Å². The molecule has 202 valence electrons. The fourth-order valence-corrected chi connectivity index (χ4v) is 5.96. The summed E-state index contributed by atoms with van der Waals surface area (Å²) in [7, 11) is -2.36. The number of ether oxygens (including phenoxy) is 1. The van der Waals surface area contributed by atoms with Gasteiger partial charge in [-0.1, -0.05) is 60.7 Å². The van der Waals surface area contributed by atoms with Crippen molar-refractivity contribution in [2.75, 3.05) is 13.7 Å². The summed E-state index contributed by atoms with van der Waals surface area (Å²) in [6, 6.07) is 25.0. The van der Waals surface area contributed by atoms with Crippen molar-refractivity contribution in [2.45, 2.75) is 42.0 Å². The molecule has 3 aromatic carbocycles. The topological polar surface area (TPSA) is 133 Å². The lowest BCUT2D eigenvalue weighted by molar-refractivity contribution is 0.0932. The Morgan fingerprint density at radius 3 is 2.26 bits per heavy atom. The molecule has 0 bridgehead atoms. The largest absolute Gasteiger partial charge is 0.496 e. The molecule has 1 saturated carbocycles. The number of sulfonamides is 1. The molecule has 0 aromatic heterocycles. The van der Waals surface area contributed by atoms with Gasteiger partial charge in [-0.05, 0) is 55.5 Å². The number of amides is 1. The second-order valence-electron chi connectivity index (χ2n) is 9.43. The number of rotatable bonds is 8. The van der Waals surface area contributed by atoms with E-state index in [4.69, 9.17) is 10.00 Å². The van der Waals surface area contributed by atoms with Gasteiger partial charge in [-0.2, -0.15) is 5.26 Å². The molecule has 9 nitrogen and oxygen atoms in total. The van der Waals surface area contributed by atoms with Gasteiger partial charge in [-0.15, -0.1) is 4.99 Å². The Labute approximate surface area is 229 Å². The summed E-state index contributed by atoms with van der Waals surface area (Å²) in [6.45, 7) is 0.431. The summed E-state index contributed by atoms with van der Waals surface area (Å²) in [5.74, 6) is 0.198. The third-order valence-electron chi connectivity index (χ3n) is 7.05. The minimum atomic E-state index is -3.90.